The molecular weight excluding hydrogens is 210 g/mol. The number of rotatable bonds is 6. The molecule has 1 fully saturated rings. The van der Waals surface area contributed by atoms with Crippen molar-refractivity contribution in [3.63, 3.8) is 0 Å². The fourth-order valence-corrected chi connectivity index (χ4v) is 2.75. The molecule has 0 amide bonds. The zero-order chi connectivity index (χ0) is 11.9. The minimum Gasteiger partial charge on any atom is -0.334 e. The number of aromatic nitrogens is 2. The Labute approximate surface area is 105 Å². The average molecular weight is 235 g/mol. The van der Waals surface area contributed by atoms with E-state index in [1.807, 2.05) is 6.20 Å². The molecule has 3 heteroatoms. The van der Waals surface area contributed by atoms with Gasteiger partial charge in [0, 0.05) is 31.9 Å². The van der Waals surface area contributed by atoms with Crippen molar-refractivity contribution in [2.75, 3.05) is 13.1 Å². The van der Waals surface area contributed by atoms with Gasteiger partial charge in [0.25, 0.3) is 0 Å². The summed E-state index contributed by atoms with van der Waals surface area (Å²) in [5.74, 6) is 2.13. The van der Waals surface area contributed by atoms with Crippen molar-refractivity contribution in [1.29, 1.82) is 0 Å². The molecule has 0 spiro atoms. The maximum atomic E-state index is 4.34. The van der Waals surface area contributed by atoms with E-state index in [1.165, 1.54) is 44.5 Å². The number of nitrogens with zero attached hydrogens (tertiary/aromatic N) is 2. The first-order chi connectivity index (χ1) is 8.40. The standard InChI is InChI=1S/C14H25N3/c1-2-14-16-9-11-17(14)10-8-15-12-13-6-4-3-5-7-13/h9,11,13,15H,2-8,10,12H2,1H3. The number of hydrogen-bond donors (Lipinski definition) is 1. The normalized spacial score (nSPS) is 17.5. The zero-order valence-corrected chi connectivity index (χ0v) is 11.0. The van der Waals surface area contributed by atoms with Crippen LogP contribution in [-0.2, 0) is 13.0 Å². The molecule has 0 unspecified atom stereocenters. The van der Waals surface area contributed by atoms with Crippen molar-refractivity contribution < 1.29 is 0 Å². The predicted molar refractivity (Wildman–Crippen MR) is 71.0 cm³/mol. The van der Waals surface area contributed by atoms with Gasteiger partial charge in [-0.3, -0.25) is 0 Å². The summed E-state index contributed by atoms with van der Waals surface area (Å²) >= 11 is 0. The molecule has 1 heterocycles. The quantitative estimate of drug-likeness (QED) is 0.768. The number of imidazole rings is 1. The molecule has 1 aromatic rings. The van der Waals surface area contributed by atoms with Gasteiger partial charge in [-0.05, 0) is 25.3 Å². The Morgan fingerprint density at radius 1 is 1.35 bits per heavy atom. The third-order valence-corrected chi connectivity index (χ3v) is 3.81. The fourth-order valence-electron chi connectivity index (χ4n) is 2.75. The molecule has 17 heavy (non-hydrogen) atoms. The lowest BCUT2D eigenvalue weighted by Gasteiger charge is -2.21. The van der Waals surface area contributed by atoms with E-state index in [0.717, 1.165) is 25.4 Å². The van der Waals surface area contributed by atoms with Crippen molar-refractivity contribution in [2.45, 2.75) is 52.0 Å². The largest absolute Gasteiger partial charge is 0.334 e. The number of aryl methyl sites for hydroxylation is 1. The maximum Gasteiger partial charge on any atom is 0.108 e. The lowest BCUT2D eigenvalue weighted by Crippen LogP contribution is -2.27. The SMILES string of the molecule is CCc1nccn1CCNCC1CCCCC1. The third kappa shape index (κ3) is 3.84. The van der Waals surface area contributed by atoms with E-state index in [0.29, 0.717) is 0 Å². The molecule has 0 aliphatic heterocycles. The highest BCUT2D eigenvalue weighted by molar-refractivity contribution is 4.91. The lowest BCUT2D eigenvalue weighted by atomic mass is 9.89. The Kier molecular flexibility index (Phi) is 5.05. The van der Waals surface area contributed by atoms with Crippen molar-refractivity contribution in [3.05, 3.63) is 18.2 Å². The summed E-state index contributed by atoms with van der Waals surface area (Å²) in [6.45, 7) is 5.49. The van der Waals surface area contributed by atoms with Crippen LogP contribution in [0.2, 0.25) is 0 Å². The van der Waals surface area contributed by atoms with Crippen LogP contribution in [0.25, 0.3) is 0 Å². The summed E-state index contributed by atoms with van der Waals surface area (Å²) in [6.07, 6.45) is 12.2. The molecule has 96 valence electrons. The molecule has 1 aromatic heterocycles. The lowest BCUT2D eigenvalue weighted by molar-refractivity contribution is 0.340. The fraction of sp³-hybridized carbons (Fsp3) is 0.786. The Hall–Kier alpha value is -0.830. The highest BCUT2D eigenvalue weighted by Gasteiger charge is 2.12. The van der Waals surface area contributed by atoms with E-state index in [2.05, 4.69) is 28.0 Å². The van der Waals surface area contributed by atoms with Crippen LogP contribution in [0.5, 0.6) is 0 Å². The summed E-state index contributed by atoms with van der Waals surface area (Å²) in [4.78, 5) is 4.34. The minimum absolute atomic E-state index is 0.928. The molecule has 0 radical (unpaired) electrons. The first-order valence-electron chi connectivity index (χ1n) is 7.11. The summed E-state index contributed by atoms with van der Waals surface area (Å²) in [6, 6.07) is 0. The highest BCUT2D eigenvalue weighted by Crippen LogP contribution is 2.22. The molecule has 0 atom stereocenters. The first kappa shape index (κ1) is 12.6. The molecule has 3 nitrogen and oxygen atoms in total. The van der Waals surface area contributed by atoms with Gasteiger partial charge in [-0.1, -0.05) is 26.2 Å². The van der Waals surface area contributed by atoms with E-state index in [-0.39, 0.29) is 0 Å². The molecule has 1 saturated carbocycles. The van der Waals surface area contributed by atoms with Crippen LogP contribution >= 0.6 is 0 Å². The molecule has 2 rings (SSSR count). The van der Waals surface area contributed by atoms with Crippen molar-refractivity contribution in [1.82, 2.24) is 14.9 Å². The van der Waals surface area contributed by atoms with Crippen LogP contribution in [0.1, 0.15) is 44.9 Å². The topological polar surface area (TPSA) is 29.9 Å². The molecule has 0 aromatic carbocycles. The van der Waals surface area contributed by atoms with Crippen molar-refractivity contribution >= 4 is 0 Å². The second-order valence-corrected chi connectivity index (χ2v) is 5.10. The van der Waals surface area contributed by atoms with Gasteiger partial charge in [-0.25, -0.2) is 4.98 Å². The molecule has 1 aliphatic carbocycles. The van der Waals surface area contributed by atoms with Gasteiger partial charge < -0.3 is 9.88 Å². The van der Waals surface area contributed by atoms with E-state index in [1.54, 1.807) is 0 Å². The van der Waals surface area contributed by atoms with Gasteiger partial charge in [-0.15, -0.1) is 0 Å². The van der Waals surface area contributed by atoms with Crippen LogP contribution < -0.4 is 5.32 Å². The zero-order valence-electron chi connectivity index (χ0n) is 11.0. The summed E-state index contributed by atoms with van der Waals surface area (Å²) < 4.78 is 2.26. The number of hydrogen-bond acceptors (Lipinski definition) is 2. The Morgan fingerprint density at radius 3 is 2.94 bits per heavy atom. The monoisotopic (exact) mass is 235 g/mol. The second-order valence-electron chi connectivity index (χ2n) is 5.10. The van der Waals surface area contributed by atoms with E-state index in [4.69, 9.17) is 0 Å². The van der Waals surface area contributed by atoms with Crippen molar-refractivity contribution in [3.8, 4) is 0 Å². The minimum atomic E-state index is 0.928. The maximum absolute atomic E-state index is 4.34. The summed E-state index contributed by atoms with van der Waals surface area (Å²) in [5.41, 5.74) is 0. The van der Waals surface area contributed by atoms with Crippen LogP contribution in [0.3, 0.4) is 0 Å². The van der Waals surface area contributed by atoms with E-state index >= 15 is 0 Å². The predicted octanol–water partition coefficient (Wildman–Crippen LogP) is 2.62. The Bertz CT molecular complexity index is 313. The average Bonchev–Trinajstić information content (AvgIpc) is 2.83. The summed E-state index contributed by atoms with van der Waals surface area (Å²) in [5, 5.41) is 3.60. The molecule has 1 aliphatic rings. The molecular formula is C14H25N3. The molecule has 0 bridgehead atoms. The second kappa shape index (κ2) is 6.80. The van der Waals surface area contributed by atoms with Gasteiger partial charge in [0.1, 0.15) is 5.82 Å². The van der Waals surface area contributed by atoms with E-state index in [9.17, 15) is 0 Å². The molecule has 0 saturated heterocycles. The Morgan fingerprint density at radius 2 is 2.18 bits per heavy atom. The van der Waals surface area contributed by atoms with Crippen molar-refractivity contribution in [2.24, 2.45) is 5.92 Å². The van der Waals surface area contributed by atoms with Gasteiger partial charge in [0.15, 0.2) is 0 Å². The van der Waals surface area contributed by atoms with Gasteiger partial charge >= 0.3 is 0 Å². The Balaban J connectivity index is 1.62. The van der Waals surface area contributed by atoms with Crippen LogP contribution in [-0.4, -0.2) is 22.6 Å². The molecule has 1 N–H and O–H groups in total. The van der Waals surface area contributed by atoms with E-state index < -0.39 is 0 Å². The number of nitrogens with one attached hydrogen (secondary N) is 1. The van der Waals surface area contributed by atoms with Gasteiger partial charge in [-0.2, -0.15) is 0 Å². The van der Waals surface area contributed by atoms with Crippen LogP contribution in [0, 0.1) is 5.92 Å². The van der Waals surface area contributed by atoms with Crippen LogP contribution in [0.4, 0.5) is 0 Å². The highest BCUT2D eigenvalue weighted by atomic mass is 15.1. The van der Waals surface area contributed by atoms with Crippen LogP contribution in [0.15, 0.2) is 12.4 Å². The third-order valence-electron chi connectivity index (χ3n) is 3.81. The van der Waals surface area contributed by atoms with Gasteiger partial charge in [0.2, 0.25) is 0 Å². The van der Waals surface area contributed by atoms with Gasteiger partial charge in [0.05, 0.1) is 0 Å². The smallest absolute Gasteiger partial charge is 0.108 e. The first-order valence-corrected chi connectivity index (χ1v) is 7.11. The summed E-state index contributed by atoms with van der Waals surface area (Å²) in [7, 11) is 0.